The van der Waals surface area contributed by atoms with Gasteiger partial charge in [0.1, 0.15) is 0 Å². The molecule has 0 bridgehead atoms. The zero-order valence-corrected chi connectivity index (χ0v) is 12.7. The molecule has 0 aliphatic heterocycles. The van der Waals surface area contributed by atoms with Crippen molar-refractivity contribution >= 4 is 11.1 Å². The number of aryl methyl sites for hydroxylation is 1. The van der Waals surface area contributed by atoms with Gasteiger partial charge in [-0.05, 0) is 30.7 Å². The first-order valence-electron chi connectivity index (χ1n) is 6.61. The lowest BCUT2D eigenvalue weighted by Crippen LogP contribution is -2.00. The molecule has 22 heavy (non-hydrogen) atoms. The van der Waals surface area contributed by atoms with Crippen LogP contribution < -0.4 is 0 Å². The number of rotatable bonds is 4. The van der Waals surface area contributed by atoms with E-state index in [-0.39, 0.29) is 5.75 Å². The smallest absolute Gasteiger partial charge is 0.158 e. The van der Waals surface area contributed by atoms with E-state index in [9.17, 15) is 4.21 Å². The van der Waals surface area contributed by atoms with Crippen LogP contribution in [0.2, 0.25) is 0 Å². The maximum absolute atomic E-state index is 10.8. The Kier molecular flexibility index (Phi) is 4.08. The van der Waals surface area contributed by atoms with Gasteiger partial charge in [0, 0.05) is 18.0 Å². The second kappa shape index (κ2) is 6.17. The van der Waals surface area contributed by atoms with Crippen LogP contribution in [-0.2, 0) is 16.8 Å². The lowest BCUT2D eigenvalue weighted by molar-refractivity contribution is 0.563. The van der Waals surface area contributed by atoms with Crippen LogP contribution in [0.4, 0.5) is 0 Å². The molecule has 1 N–H and O–H groups in total. The van der Waals surface area contributed by atoms with Gasteiger partial charge in [-0.15, -0.1) is 0 Å². The van der Waals surface area contributed by atoms with Gasteiger partial charge in [-0.3, -0.25) is 14.5 Å². The largest absolute Gasteiger partial charge is 0.306 e. The Morgan fingerprint density at radius 1 is 1.18 bits per heavy atom. The highest BCUT2D eigenvalue weighted by Gasteiger charge is 2.10. The summed E-state index contributed by atoms with van der Waals surface area (Å²) in [6.07, 6.45) is 8.72. The third kappa shape index (κ3) is 2.95. The summed E-state index contributed by atoms with van der Waals surface area (Å²) in [6, 6.07) is 5.54. The monoisotopic (exact) mass is 314 g/mol. The highest BCUT2D eigenvalue weighted by atomic mass is 32.2. The molecule has 3 rings (SSSR count). The van der Waals surface area contributed by atoms with Crippen LogP contribution in [0.3, 0.4) is 0 Å². The number of hydrogen-bond acceptors (Lipinski definition) is 4. The molecule has 3 aromatic heterocycles. The summed E-state index contributed by atoms with van der Waals surface area (Å²) in [7, 11) is 0. The fourth-order valence-electron chi connectivity index (χ4n) is 2.20. The molecule has 0 radical (unpaired) electrons. The van der Waals surface area contributed by atoms with E-state index in [1.54, 1.807) is 37.2 Å². The van der Waals surface area contributed by atoms with Crippen LogP contribution in [0.5, 0.6) is 0 Å². The average molecular weight is 314 g/mol. The van der Waals surface area contributed by atoms with Gasteiger partial charge in [0.2, 0.25) is 0 Å². The van der Waals surface area contributed by atoms with Crippen LogP contribution in [0.15, 0.2) is 49.3 Å². The van der Waals surface area contributed by atoms with Crippen molar-refractivity contribution in [1.82, 2.24) is 19.5 Å². The Morgan fingerprint density at radius 3 is 2.73 bits per heavy atom. The topological polar surface area (TPSA) is 80.9 Å². The standard InChI is InChI=1S/C15H14N4O2S/c1-11-4-5-16-7-14(11)15-8-17-10-19(15)13-3-2-12(18-6-13)9-22(20)21/h2-8,10H,9H2,1H3,(H,20,21). The highest BCUT2D eigenvalue weighted by molar-refractivity contribution is 7.78. The predicted octanol–water partition coefficient (Wildman–Crippen LogP) is 2.36. The quantitative estimate of drug-likeness (QED) is 0.748. The molecule has 112 valence electrons. The first kappa shape index (κ1) is 14.6. The van der Waals surface area contributed by atoms with Crippen LogP contribution in [0, 0.1) is 6.92 Å². The molecule has 1 atom stereocenters. The summed E-state index contributed by atoms with van der Waals surface area (Å²) in [4.78, 5) is 12.6. The molecule has 3 heterocycles. The van der Waals surface area contributed by atoms with Crippen LogP contribution in [0.25, 0.3) is 16.9 Å². The lowest BCUT2D eigenvalue weighted by atomic mass is 10.1. The summed E-state index contributed by atoms with van der Waals surface area (Å²) < 4.78 is 21.6. The van der Waals surface area contributed by atoms with Crippen molar-refractivity contribution in [1.29, 1.82) is 0 Å². The van der Waals surface area contributed by atoms with Crippen molar-refractivity contribution in [3.8, 4) is 16.9 Å². The molecule has 0 aliphatic carbocycles. The first-order valence-corrected chi connectivity index (χ1v) is 7.89. The van der Waals surface area contributed by atoms with Gasteiger partial charge in [-0.1, -0.05) is 0 Å². The van der Waals surface area contributed by atoms with E-state index in [1.807, 2.05) is 23.6 Å². The third-order valence-electron chi connectivity index (χ3n) is 3.31. The van der Waals surface area contributed by atoms with Crippen molar-refractivity contribution in [2.45, 2.75) is 12.7 Å². The zero-order valence-electron chi connectivity index (χ0n) is 11.9. The van der Waals surface area contributed by atoms with Crippen molar-refractivity contribution in [3.63, 3.8) is 0 Å². The summed E-state index contributed by atoms with van der Waals surface area (Å²) >= 11 is -1.89. The molecule has 0 spiro atoms. The van der Waals surface area contributed by atoms with E-state index < -0.39 is 11.1 Å². The average Bonchev–Trinajstić information content (AvgIpc) is 2.97. The van der Waals surface area contributed by atoms with Crippen LogP contribution >= 0.6 is 0 Å². The normalized spacial score (nSPS) is 12.3. The Hall–Kier alpha value is -2.38. The van der Waals surface area contributed by atoms with E-state index >= 15 is 0 Å². The minimum Gasteiger partial charge on any atom is -0.306 e. The maximum atomic E-state index is 10.8. The van der Waals surface area contributed by atoms with Crippen LogP contribution in [0.1, 0.15) is 11.3 Å². The van der Waals surface area contributed by atoms with E-state index in [2.05, 4.69) is 15.0 Å². The van der Waals surface area contributed by atoms with Gasteiger partial charge in [0.25, 0.3) is 0 Å². The Balaban J connectivity index is 1.99. The minimum atomic E-state index is -1.89. The van der Waals surface area contributed by atoms with Gasteiger partial charge >= 0.3 is 0 Å². The van der Waals surface area contributed by atoms with Gasteiger partial charge < -0.3 is 4.55 Å². The molecule has 3 aromatic rings. The lowest BCUT2D eigenvalue weighted by Gasteiger charge is -2.10. The molecule has 6 nitrogen and oxygen atoms in total. The molecule has 7 heteroatoms. The molecule has 0 fully saturated rings. The minimum absolute atomic E-state index is 0.0266. The number of pyridine rings is 2. The summed E-state index contributed by atoms with van der Waals surface area (Å²) in [5.41, 5.74) is 4.44. The molecule has 0 aromatic carbocycles. The van der Waals surface area contributed by atoms with Crippen LogP contribution in [-0.4, -0.2) is 28.3 Å². The van der Waals surface area contributed by atoms with Crippen molar-refractivity contribution in [2.75, 3.05) is 0 Å². The van der Waals surface area contributed by atoms with Crippen molar-refractivity contribution < 1.29 is 8.76 Å². The van der Waals surface area contributed by atoms with Crippen molar-refractivity contribution in [2.24, 2.45) is 0 Å². The summed E-state index contributed by atoms with van der Waals surface area (Å²) in [5, 5.41) is 0. The molecular formula is C15H14N4O2S. The summed E-state index contributed by atoms with van der Waals surface area (Å²) in [5.74, 6) is 0.0266. The maximum Gasteiger partial charge on any atom is 0.158 e. The molecular weight excluding hydrogens is 300 g/mol. The second-order valence-electron chi connectivity index (χ2n) is 4.81. The number of imidazole rings is 1. The SMILES string of the molecule is Cc1ccncc1-c1cncn1-c1ccc(CS(=O)O)nc1. The Bertz CT molecular complexity index is 814. The zero-order chi connectivity index (χ0) is 15.5. The first-order chi connectivity index (χ1) is 10.6. The molecule has 0 saturated carbocycles. The van der Waals surface area contributed by atoms with Gasteiger partial charge in [-0.2, -0.15) is 0 Å². The van der Waals surface area contributed by atoms with E-state index in [4.69, 9.17) is 4.55 Å². The van der Waals surface area contributed by atoms with Gasteiger partial charge in [0.15, 0.2) is 11.1 Å². The highest BCUT2D eigenvalue weighted by Crippen LogP contribution is 2.24. The molecule has 1 unspecified atom stereocenters. The van der Waals surface area contributed by atoms with Gasteiger partial charge in [0.05, 0.1) is 41.5 Å². The second-order valence-corrected chi connectivity index (χ2v) is 5.74. The number of hydrogen-bond donors (Lipinski definition) is 1. The molecule has 0 aliphatic rings. The van der Waals surface area contributed by atoms with E-state index in [1.165, 1.54) is 0 Å². The Morgan fingerprint density at radius 2 is 2.05 bits per heavy atom. The molecule has 0 amide bonds. The van der Waals surface area contributed by atoms with Crippen molar-refractivity contribution in [3.05, 3.63) is 60.6 Å². The van der Waals surface area contributed by atoms with Gasteiger partial charge in [-0.25, -0.2) is 9.19 Å². The Labute approximate surface area is 130 Å². The number of nitrogens with zero attached hydrogens (tertiary/aromatic N) is 4. The third-order valence-corrected chi connectivity index (χ3v) is 3.85. The fourth-order valence-corrected chi connectivity index (χ4v) is 2.63. The fraction of sp³-hybridized carbons (Fsp3) is 0.133. The number of aromatic nitrogens is 4. The van der Waals surface area contributed by atoms with E-state index in [0.717, 1.165) is 22.5 Å². The molecule has 0 saturated heterocycles. The summed E-state index contributed by atoms with van der Waals surface area (Å²) in [6.45, 7) is 2.02. The van der Waals surface area contributed by atoms with E-state index in [0.29, 0.717) is 5.69 Å². The predicted molar refractivity (Wildman–Crippen MR) is 83.8 cm³/mol.